The number of halogens is 2. The molecule has 7 heteroatoms. The normalized spacial score (nSPS) is 25.8. The number of benzene rings is 1. The number of hydrogen-bond donors (Lipinski definition) is 1. The van der Waals surface area contributed by atoms with E-state index in [1.807, 2.05) is 6.92 Å². The summed E-state index contributed by atoms with van der Waals surface area (Å²) in [6.45, 7) is 3.62. The van der Waals surface area contributed by atoms with Gasteiger partial charge in [-0.25, -0.2) is 0 Å². The summed E-state index contributed by atoms with van der Waals surface area (Å²) in [7, 11) is 0. The van der Waals surface area contributed by atoms with Crippen molar-refractivity contribution < 1.29 is 19.4 Å². The van der Waals surface area contributed by atoms with Crippen LogP contribution >= 0.6 is 23.2 Å². The van der Waals surface area contributed by atoms with E-state index in [0.29, 0.717) is 48.3 Å². The number of ether oxygens (including phenoxy) is 2. The fraction of sp³-hybridized carbons (Fsp3) is 0.611. The van der Waals surface area contributed by atoms with Crippen molar-refractivity contribution in [3.05, 3.63) is 28.2 Å². The summed E-state index contributed by atoms with van der Waals surface area (Å²) < 4.78 is 11.5. The number of aliphatic hydroxyl groups is 1. The van der Waals surface area contributed by atoms with Crippen molar-refractivity contribution in [3.63, 3.8) is 0 Å². The van der Waals surface area contributed by atoms with Crippen LogP contribution in [0.1, 0.15) is 32.6 Å². The maximum Gasteiger partial charge on any atom is 0.260 e. The zero-order chi connectivity index (χ0) is 18.1. The number of carbonyl (C=O) groups excluding carboxylic acids is 1. The SMILES string of the molecule is CC1(O)CCOC2(CCN(C(=O)COc3ccc(Cl)c(Cl)c3)CC2)C1. The summed E-state index contributed by atoms with van der Waals surface area (Å²) in [6, 6.07) is 4.92. The summed E-state index contributed by atoms with van der Waals surface area (Å²) >= 11 is 11.8. The molecule has 25 heavy (non-hydrogen) atoms. The van der Waals surface area contributed by atoms with Crippen molar-refractivity contribution in [2.24, 2.45) is 0 Å². The molecule has 1 aromatic carbocycles. The number of likely N-dealkylation sites (tertiary alicyclic amines) is 1. The van der Waals surface area contributed by atoms with Gasteiger partial charge in [-0.05, 0) is 38.3 Å². The lowest BCUT2D eigenvalue weighted by Crippen LogP contribution is -2.54. The number of piperidine rings is 1. The van der Waals surface area contributed by atoms with Gasteiger partial charge in [-0.1, -0.05) is 23.2 Å². The third kappa shape index (κ3) is 4.59. The Morgan fingerprint density at radius 2 is 2.00 bits per heavy atom. The number of rotatable bonds is 3. The van der Waals surface area contributed by atoms with Crippen LogP contribution in [0.15, 0.2) is 18.2 Å². The van der Waals surface area contributed by atoms with Crippen molar-refractivity contribution in [2.45, 2.75) is 43.8 Å². The molecule has 1 N–H and O–H groups in total. The first-order valence-corrected chi connectivity index (χ1v) is 9.26. The van der Waals surface area contributed by atoms with Gasteiger partial charge in [-0.15, -0.1) is 0 Å². The highest BCUT2D eigenvalue weighted by Crippen LogP contribution is 2.39. The highest BCUT2D eigenvalue weighted by Gasteiger charge is 2.44. The van der Waals surface area contributed by atoms with Crippen molar-refractivity contribution in [1.29, 1.82) is 0 Å². The van der Waals surface area contributed by atoms with Crippen LogP contribution in [0, 0.1) is 0 Å². The second-order valence-electron chi connectivity index (χ2n) is 7.20. The Morgan fingerprint density at radius 1 is 1.28 bits per heavy atom. The molecule has 0 bridgehead atoms. The van der Waals surface area contributed by atoms with Crippen LogP contribution in [0.2, 0.25) is 10.0 Å². The summed E-state index contributed by atoms with van der Waals surface area (Å²) in [5.74, 6) is 0.450. The van der Waals surface area contributed by atoms with Crippen LogP contribution in [-0.4, -0.2) is 53.4 Å². The van der Waals surface area contributed by atoms with Crippen molar-refractivity contribution in [3.8, 4) is 5.75 Å². The van der Waals surface area contributed by atoms with Crippen LogP contribution in [0.4, 0.5) is 0 Å². The van der Waals surface area contributed by atoms with Crippen LogP contribution in [-0.2, 0) is 9.53 Å². The molecule has 2 aliphatic rings. The highest BCUT2D eigenvalue weighted by molar-refractivity contribution is 6.42. The van der Waals surface area contributed by atoms with Gasteiger partial charge in [0.15, 0.2) is 6.61 Å². The molecule has 2 aliphatic heterocycles. The summed E-state index contributed by atoms with van der Waals surface area (Å²) in [5.41, 5.74) is -0.982. The maximum absolute atomic E-state index is 12.4. The molecular formula is C18H23Cl2NO4. The standard InChI is InChI=1S/C18H23Cl2NO4/c1-17(23)6-9-25-18(12-17)4-7-21(8-5-18)16(22)11-24-13-2-3-14(19)15(20)10-13/h2-3,10,23H,4-9,11-12H2,1H3. The second-order valence-corrected chi connectivity index (χ2v) is 8.01. The van der Waals surface area contributed by atoms with E-state index >= 15 is 0 Å². The van der Waals surface area contributed by atoms with Gasteiger partial charge in [0.05, 0.1) is 27.9 Å². The molecule has 0 radical (unpaired) electrons. The number of amides is 1. The third-order valence-corrected chi connectivity index (χ3v) is 5.77. The molecule has 0 aliphatic carbocycles. The Labute approximate surface area is 157 Å². The fourth-order valence-corrected chi connectivity index (χ4v) is 3.90. The Bertz CT molecular complexity index is 642. The van der Waals surface area contributed by atoms with Crippen LogP contribution in [0.5, 0.6) is 5.75 Å². The Morgan fingerprint density at radius 3 is 2.64 bits per heavy atom. The molecule has 0 saturated carbocycles. The van der Waals surface area contributed by atoms with Gasteiger partial charge >= 0.3 is 0 Å². The average Bonchev–Trinajstić information content (AvgIpc) is 2.55. The van der Waals surface area contributed by atoms with Gasteiger partial charge in [-0.3, -0.25) is 4.79 Å². The van der Waals surface area contributed by atoms with Crippen LogP contribution < -0.4 is 4.74 Å². The van der Waals surface area contributed by atoms with Crippen molar-refractivity contribution >= 4 is 29.1 Å². The van der Waals surface area contributed by atoms with Gasteiger partial charge in [-0.2, -0.15) is 0 Å². The first kappa shape index (κ1) is 18.8. The van der Waals surface area contributed by atoms with E-state index in [1.54, 1.807) is 23.1 Å². The monoisotopic (exact) mass is 387 g/mol. The lowest BCUT2D eigenvalue weighted by molar-refractivity contribution is -0.175. The maximum atomic E-state index is 12.4. The van der Waals surface area contributed by atoms with E-state index < -0.39 is 5.60 Å². The number of nitrogens with zero attached hydrogens (tertiary/aromatic N) is 1. The molecule has 2 fully saturated rings. The predicted octanol–water partition coefficient (Wildman–Crippen LogP) is 3.29. The predicted molar refractivity (Wildman–Crippen MR) is 96.3 cm³/mol. The second kappa shape index (κ2) is 7.31. The minimum Gasteiger partial charge on any atom is -0.484 e. The molecule has 1 unspecified atom stereocenters. The Balaban J connectivity index is 1.50. The minimum absolute atomic E-state index is 0.0382. The molecule has 2 heterocycles. The molecule has 1 atom stereocenters. The molecule has 1 spiro atoms. The Kier molecular flexibility index (Phi) is 5.49. The topological polar surface area (TPSA) is 59.0 Å². The highest BCUT2D eigenvalue weighted by atomic mass is 35.5. The molecule has 1 aromatic rings. The van der Waals surface area contributed by atoms with Crippen LogP contribution in [0.3, 0.4) is 0 Å². The van der Waals surface area contributed by atoms with E-state index in [0.717, 1.165) is 12.8 Å². The third-order valence-electron chi connectivity index (χ3n) is 5.03. The van der Waals surface area contributed by atoms with Crippen molar-refractivity contribution in [2.75, 3.05) is 26.3 Å². The minimum atomic E-state index is -0.679. The van der Waals surface area contributed by atoms with Gasteiger partial charge in [0, 0.05) is 25.6 Å². The zero-order valence-corrected chi connectivity index (χ0v) is 15.8. The lowest BCUT2D eigenvalue weighted by atomic mass is 9.78. The van der Waals surface area contributed by atoms with Crippen molar-refractivity contribution in [1.82, 2.24) is 4.90 Å². The van der Waals surface area contributed by atoms with E-state index in [4.69, 9.17) is 32.7 Å². The molecule has 1 amide bonds. The summed E-state index contributed by atoms with van der Waals surface area (Å²) in [6.07, 6.45) is 2.76. The van der Waals surface area contributed by atoms with E-state index in [1.165, 1.54) is 0 Å². The lowest BCUT2D eigenvalue weighted by Gasteiger charge is -2.48. The first-order valence-electron chi connectivity index (χ1n) is 8.51. The van der Waals surface area contributed by atoms with Crippen LogP contribution in [0.25, 0.3) is 0 Å². The van der Waals surface area contributed by atoms with E-state index in [-0.39, 0.29) is 18.1 Å². The van der Waals surface area contributed by atoms with Gasteiger partial charge < -0.3 is 19.5 Å². The number of carbonyl (C=O) groups is 1. The zero-order valence-electron chi connectivity index (χ0n) is 14.3. The quantitative estimate of drug-likeness (QED) is 0.864. The van der Waals surface area contributed by atoms with Gasteiger partial charge in [0.2, 0.25) is 0 Å². The number of hydrogen-bond acceptors (Lipinski definition) is 4. The summed E-state index contributed by atoms with van der Waals surface area (Å²) in [5, 5.41) is 11.2. The summed E-state index contributed by atoms with van der Waals surface area (Å²) in [4.78, 5) is 14.2. The van der Waals surface area contributed by atoms with E-state index in [2.05, 4.69) is 0 Å². The van der Waals surface area contributed by atoms with Gasteiger partial charge in [0.25, 0.3) is 5.91 Å². The van der Waals surface area contributed by atoms with E-state index in [9.17, 15) is 9.90 Å². The molecule has 3 rings (SSSR count). The smallest absolute Gasteiger partial charge is 0.260 e. The van der Waals surface area contributed by atoms with Gasteiger partial charge in [0.1, 0.15) is 5.75 Å². The largest absolute Gasteiger partial charge is 0.484 e. The Hall–Kier alpha value is -1.01. The molecular weight excluding hydrogens is 365 g/mol. The fourth-order valence-electron chi connectivity index (χ4n) is 3.61. The molecule has 2 saturated heterocycles. The molecule has 138 valence electrons. The molecule has 5 nitrogen and oxygen atoms in total. The molecule has 0 aromatic heterocycles. The average molecular weight is 388 g/mol. The first-order chi connectivity index (χ1) is 11.8.